The Labute approximate surface area is 113 Å². The van der Waals surface area contributed by atoms with Gasteiger partial charge in [0.1, 0.15) is 9.84 Å². The summed E-state index contributed by atoms with van der Waals surface area (Å²) in [6.07, 6.45) is 3.59. The number of hydrogen-bond donors (Lipinski definition) is 2. The normalized spacial score (nSPS) is 19.4. The van der Waals surface area contributed by atoms with Gasteiger partial charge >= 0.3 is 0 Å². The Balaban J connectivity index is 2.22. The maximum Gasteiger partial charge on any atom is 0.236 e. The van der Waals surface area contributed by atoms with Crippen LogP contribution in [0.15, 0.2) is 0 Å². The average Bonchev–Trinajstić information content (AvgIpc) is 2.33. The van der Waals surface area contributed by atoms with E-state index in [0.717, 1.165) is 30.6 Å². The third-order valence-corrected chi connectivity index (χ3v) is 5.07. The first-order chi connectivity index (χ1) is 8.38. The van der Waals surface area contributed by atoms with Gasteiger partial charge < -0.3 is 11.1 Å². The van der Waals surface area contributed by atoms with Crippen molar-refractivity contribution >= 4 is 27.5 Å². The standard InChI is InChI=1S/C11H22N2O3S2/c1-18(15,16)7-4-10(12)11(14)13-8-9-2-5-17-6-3-9/h9-10H,2-8,12H2,1H3,(H,13,14). The van der Waals surface area contributed by atoms with E-state index < -0.39 is 15.9 Å². The molecule has 1 aliphatic rings. The number of sulfone groups is 1. The van der Waals surface area contributed by atoms with Crippen LogP contribution in [-0.2, 0) is 14.6 Å². The molecule has 1 fully saturated rings. The molecule has 0 aromatic rings. The molecule has 1 atom stereocenters. The fourth-order valence-electron chi connectivity index (χ4n) is 1.80. The molecule has 0 radical (unpaired) electrons. The minimum absolute atomic E-state index is 0.0400. The fourth-order valence-corrected chi connectivity index (χ4v) is 3.68. The molecule has 1 amide bonds. The molecule has 1 unspecified atom stereocenters. The zero-order valence-electron chi connectivity index (χ0n) is 10.7. The van der Waals surface area contributed by atoms with Crippen LogP contribution in [0, 0.1) is 5.92 Å². The number of rotatable bonds is 6. The molecule has 0 aromatic carbocycles. The summed E-state index contributed by atoms with van der Waals surface area (Å²) >= 11 is 1.95. The van der Waals surface area contributed by atoms with Crippen molar-refractivity contribution in [2.24, 2.45) is 11.7 Å². The lowest BCUT2D eigenvalue weighted by atomic mass is 10.0. The summed E-state index contributed by atoms with van der Waals surface area (Å²) in [6, 6.07) is -0.724. The maximum absolute atomic E-state index is 11.7. The highest BCUT2D eigenvalue weighted by Gasteiger charge is 2.18. The minimum Gasteiger partial charge on any atom is -0.354 e. The molecule has 0 spiro atoms. The molecule has 1 rings (SSSR count). The summed E-state index contributed by atoms with van der Waals surface area (Å²) in [5, 5.41) is 2.82. The van der Waals surface area contributed by atoms with E-state index in [0.29, 0.717) is 12.5 Å². The van der Waals surface area contributed by atoms with Crippen molar-refractivity contribution in [2.75, 3.05) is 30.1 Å². The van der Waals surface area contributed by atoms with Crippen LogP contribution in [0.2, 0.25) is 0 Å². The molecule has 5 nitrogen and oxygen atoms in total. The first-order valence-electron chi connectivity index (χ1n) is 6.17. The summed E-state index contributed by atoms with van der Waals surface area (Å²) in [7, 11) is -3.05. The highest BCUT2D eigenvalue weighted by atomic mass is 32.2. The van der Waals surface area contributed by atoms with Gasteiger partial charge in [-0.3, -0.25) is 4.79 Å². The fraction of sp³-hybridized carbons (Fsp3) is 0.909. The largest absolute Gasteiger partial charge is 0.354 e. The molecule has 7 heteroatoms. The van der Waals surface area contributed by atoms with Crippen molar-refractivity contribution in [3.8, 4) is 0 Å². The number of thioether (sulfide) groups is 1. The topological polar surface area (TPSA) is 89.3 Å². The molecule has 0 saturated carbocycles. The highest BCUT2D eigenvalue weighted by Crippen LogP contribution is 2.21. The van der Waals surface area contributed by atoms with E-state index in [1.54, 1.807) is 0 Å². The molecular formula is C11H22N2O3S2. The predicted octanol–water partition coefficient (Wildman–Crippen LogP) is 0.00780. The van der Waals surface area contributed by atoms with Crippen molar-refractivity contribution in [1.29, 1.82) is 0 Å². The van der Waals surface area contributed by atoms with E-state index in [9.17, 15) is 13.2 Å². The Kier molecular flexibility index (Phi) is 6.45. The van der Waals surface area contributed by atoms with Gasteiger partial charge in [0.05, 0.1) is 11.8 Å². The number of nitrogens with one attached hydrogen (secondary N) is 1. The number of carbonyl (C=O) groups excluding carboxylic acids is 1. The zero-order chi connectivity index (χ0) is 13.6. The summed E-state index contributed by atoms with van der Waals surface area (Å²) < 4.78 is 21.9. The van der Waals surface area contributed by atoms with Crippen LogP contribution in [0.1, 0.15) is 19.3 Å². The molecule has 3 N–H and O–H groups in total. The van der Waals surface area contributed by atoms with Crippen LogP contribution in [0.3, 0.4) is 0 Å². The molecule has 0 bridgehead atoms. The Bertz CT molecular complexity index is 364. The molecule has 0 aliphatic carbocycles. The maximum atomic E-state index is 11.7. The number of carbonyl (C=O) groups is 1. The molecule has 106 valence electrons. The summed E-state index contributed by atoms with van der Waals surface area (Å²) in [5.41, 5.74) is 5.66. The van der Waals surface area contributed by atoms with Gasteiger partial charge in [0.25, 0.3) is 0 Å². The monoisotopic (exact) mass is 294 g/mol. The van der Waals surface area contributed by atoms with Crippen LogP contribution >= 0.6 is 11.8 Å². The summed E-state index contributed by atoms with van der Waals surface area (Å²) in [5.74, 6) is 2.57. The second-order valence-corrected chi connectivity index (χ2v) is 8.31. The van der Waals surface area contributed by atoms with Gasteiger partial charge in [-0.1, -0.05) is 0 Å². The van der Waals surface area contributed by atoms with Gasteiger partial charge in [0, 0.05) is 12.8 Å². The smallest absolute Gasteiger partial charge is 0.236 e. The Hall–Kier alpha value is -0.270. The van der Waals surface area contributed by atoms with Crippen LogP contribution in [-0.4, -0.2) is 50.4 Å². The molecule has 1 saturated heterocycles. The molecular weight excluding hydrogens is 272 g/mol. The summed E-state index contributed by atoms with van der Waals surface area (Å²) in [4.78, 5) is 11.7. The number of hydrogen-bond acceptors (Lipinski definition) is 5. The quantitative estimate of drug-likeness (QED) is 0.720. The van der Waals surface area contributed by atoms with Gasteiger partial charge in [0.15, 0.2) is 0 Å². The van der Waals surface area contributed by atoms with Crippen LogP contribution in [0.4, 0.5) is 0 Å². The highest BCUT2D eigenvalue weighted by molar-refractivity contribution is 7.99. The van der Waals surface area contributed by atoms with Crippen LogP contribution < -0.4 is 11.1 Å². The van der Waals surface area contributed by atoms with Gasteiger partial charge in [-0.05, 0) is 36.7 Å². The predicted molar refractivity (Wildman–Crippen MR) is 75.4 cm³/mol. The summed E-state index contributed by atoms with van der Waals surface area (Å²) in [6.45, 7) is 0.659. The molecule has 1 heterocycles. The average molecular weight is 294 g/mol. The van der Waals surface area contributed by atoms with Gasteiger partial charge in [-0.2, -0.15) is 11.8 Å². The molecule has 1 aliphatic heterocycles. The SMILES string of the molecule is CS(=O)(=O)CCC(N)C(=O)NCC1CCSCC1. The number of nitrogens with two attached hydrogens (primary N) is 1. The van der Waals surface area contributed by atoms with Crippen molar-refractivity contribution in [1.82, 2.24) is 5.32 Å². The lowest BCUT2D eigenvalue weighted by Crippen LogP contribution is -2.43. The number of amides is 1. The Morgan fingerprint density at radius 1 is 1.44 bits per heavy atom. The Morgan fingerprint density at radius 2 is 2.06 bits per heavy atom. The first-order valence-corrected chi connectivity index (χ1v) is 9.39. The van der Waals surface area contributed by atoms with E-state index in [2.05, 4.69) is 5.32 Å². The Morgan fingerprint density at radius 3 is 2.61 bits per heavy atom. The van der Waals surface area contributed by atoms with Crippen molar-refractivity contribution in [2.45, 2.75) is 25.3 Å². The van der Waals surface area contributed by atoms with E-state index in [1.165, 1.54) is 0 Å². The van der Waals surface area contributed by atoms with Crippen molar-refractivity contribution in [3.05, 3.63) is 0 Å². The molecule has 18 heavy (non-hydrogen) atoms. The lowest BCUT2D eigenvalue weighted by Gasteiger charge is -2.22. The third-order valence-electron chi connectivity index (χ3n) is 3.04. The third kappa shape index (κ3) is 6.61. The lowest BCUT2D eigenvalue weighted by molar-refractivity contribution is -0.122. The minimum atomic E-state index is -3.05. The van der Waals surface area contributed by atoms with Gasteiger partial charge in [0.2, 0.25) is 5.91 Å². The van der Waals surface area contributed by atoms with Crippen LogP contribution in [0.25, 0.3) is 0 Å². The molecule has 0 aromatic heterocycles. The van der Waals surface area contributed by atoms with Gasteiger partial charge in [-0.15, -0.1) is 0 Å². The van der Waals surface area contributed by atoms with Gasteiger partial charge in [-0.25, -0.2) is 8.42 Å². The first kappa shape index (κ1) is 15.8. The second kappa shape index (κ2) is 7.35. The van der Waals surface area contributed by atoms with Crippen LogP contribution in [0.5, 0.6) is 0 Å². The van der Waals surface area contributed by atoms with E-state index >= 15 is 0 Å². The van der Waals surface area contributed by atoms with E-state index in [-0.39, 0.29) is 18.1 Å². The van der Waals surface area contributed by atoms with Crippen molar-refractivity contribution < 1.29 is 13.2 Å². The van der Waals surface area contributed by atoms with E-state index in [4.69, 9.17) is 5.73 Å². The second-order valence-electron chi connectivity index (χ2n) is 4.83. The zero-order valence-corrected chi connectivity index (χ0v) is 12.4. The van der Waals surface area contributed by atoms with E-state index in [1.807, 2.05) is 11.8 Å². The van der Waals surface area contributed by atoms with Crippen molar-refractivity contribution in [3.63, 3.8) is 0 Å².